The highest BCUT2D eigenvalue weighted by molar-refractivity contribution is 5.66. The molecule has 0 heterocycles. The predicted molar refractivity (Wildman–Crippen MR) is 70.2 cm³/mol. The van der Waals surface area contributed by atoms with E-state index in [0.29, 0.717) is 6.42 Å². The molecule has 0 unspecified atom stereocenters. The zero-order valence-electron chi connectivity index (χ0n) is 10.9. The van der Waals surface area contributed by atoms with E-state index in [1.165, 1.54) is 24.0 Å². The molecule has 0 spiro atoms. The Kier molecular flexibility index (Phi) is 4.24. The average Bonchev–Trinajstić information content (AvgIpc) is 2.37. The number of carboxylic acids is 1. The van der Waals surface area contributed by atoms with Gasteiger partial charge in [0, 0.05) is 6.42 Å². The van der Waals surface area contributed by atoms with Crippen molar-refractivity contribution in [3.8, 4) is 5.75 Å². The van der Waals surface area contributed by atoms with Gasteiger partial charge in [-0.15, -0.1) is 0 Å². The van der Waals surface area contributed by atoms with Crippen molar-refractivity contribution >= 4 is 5.97 Å². The minimum Gasteiger partial charge on any atom is -0.496 e. The van der Waals surface area contributed by atoms with Gasteiger partial charge in [-0.05, 0) is 61.3 Å². The third-order valence-electron chi connectivity index (χ3n) is 3.58. The van der Waals surface area contributed by atoms with Crippen LogP contribution < -0.4 is 4.74 Å². The largest absolute Gasteiger partial charge is 0.496 e. The molecule has 1 aliphatic carbocycles. The molecule has 0 saturated heterocycles. The van der Waals surface area contributed by atoms with Gasteiger partial charge in [-0.25, -0.2) is 0 Å². The molecule has 0 radical (unpaired) electrons. The van der Waals surface area contributed by atoms with Crippen LogP contribution in [-0.2, 0) is 24.1 Å². The summed E-state index contributed by atoms with van der Waals surface area (Å²) in [4.78, 5) is 10.5. The van der Waals surface area contributed by atoms with Crippen LogP contribution in [0.4, 0.5) is 0 Å². The van der Waals surface area contributed by atoms with Crippen molar-refractivity contribution in [2.24, 2.45) is 0 Å². The molecule has 1 aliphatic rings. The van der Waals surface area contributed by atoms with Crippen molar-refractivity contribution in [2.45, 2.75) is 44.9 Å². The molecule has 0 aliphatic heterocycles. The van der Waals surface area contributed by atoms with Gasteiger partial charge in [0.2, 0.25) is 0 Å². The van der Waals surface area contributed by atoms with Gasteiger partial charge in [0.1, 0.15) is 5.75 Å². The fourth-order valence-corrected chi connectivity index (χ4v) is 2.63. The van der Waals surface area contributed by atoms with E-state index in [1.54, 1.807) is 7.11 Å². The summed E-state index contributed by atoms with van der Waals surface area (Å²) >= 11 is 0. The first-order chi connectivity index (χ1) is 8.70. The van der Waals surface area contributed by atoms with Crippen LogP contribution >= 0.6 is 0 Å². The quantitative estimate of drug-likeness (QED) is 0.871. The number of fused-ring (bicyclic) bond motifs is 1. The summed E-state index contributed by atoms with van der Waals surface area (Å²) in [6.45, 7) is 0. The highest BCUT2D eigenvalue weighted by Gasteiger charge is 2.14. The van der Waals surface area contributed by atoms with Gasteiger partial charge in [-0.3, -0.25) is 4.79 Å². The molecule has 0 aromatic heterocycles. The molecule has 0 saturated carbocycles. The van der Waals surface area contributed by atoms with E-state index in [2.05, 4.69) is 12.1 Å². The number of benzene rings is 1. The molecule has 1 N–H and O–H groups in total. The number of hydrogen-bond donors (Lipinski definition) is 1. The van der Waals surface area contributed by atoms with Crippen LogP contribution in [0, 0.1) is 0 Å². The van der Waals surface area contributed by atoms with E-state index in [1.807, 2.05) is 0 Å². The average molecular weight is 248 g/mol. The smallest absolute Gasteiger partial charge is 0.303 e. The molecular formula is C15H20O3. The number of rotatable bonds is 5. The topological polar surface area (TPSA) is 46.5 Å². The van der Waals surface area contributed by atoms with Crippen LogP contribution in [-0.4, -0.2) is 18.2 Å². The number of aryl methyl sites for hydroxylation is 3. The summed E-state index contributed by atoms with van der Waals surface area (Å²) < 4.78 is 5.42. The van der Waals surface area contributed by atoms with E-state index in [9.17, 15) is 4.79 Å². The zero-order valence-corrected chi connectivity index (χ0v) is 10.9. The van der Waals surface area contributed by atoms with Crippen molar-refractivity contribution in [1.29, 1.82) is 0 Å². The third kappa shape index (κ3) is 3.03. The Morgan fingerprint density at radius 2 is 1.94 bits per heavy atom. The maximum Gasteiger partial charge on any atom is 0.303 e. The fourth-order valence-electron chi connectivity index (χ4n) is 2.63. The first-order valence-electron chi connectivity index (χ1n) is 6.61. The second kappa shape index (κ2) is 5.89. The molecule has 1 aromatic carbocycles. The van der Waals surface area contributed by atoms with Crippen molar-refractivity contribution in [3.63, 3.8) is 0 Å². The molecule has 3 nitrogen and oxygen atoms in total. The number of methoxy groups -OCH3 is 1. The SMILES string of the molecule is COc1cc2c(cc1CCCC(=O)O)CCCC2. The Morgan fingerprint density at radius 3 is 2.56 bits per heavy atom. The molecule has 98 valence electrons. The standard InChI is InChI=1S/C15H20O3/c1-18-14-10-12-6-3-2-5-11(12)9-13(14)7-4-8-15(16)17/h9-10H,2-8H2,1H3,(H,16,17). The molecule has 0 bridgehead atoms. The van der Waals surface area contributed by atoms with Crippen LogP contribution in [0.1, 0.15) is 42.4 Å². The van der Waals surface area contributed by atoms with Crippen molar-refractivity contribution in [1.82, 2.24) is 0 Å². The molecule has 0 fully saturated rings. The monoisotopic (exact) mass is 248 g/mol. The van der Waals surface area contributed by atoms with Crippen LogP contribution in [0.5, 0.6) is 5.75 Å². The Bertz CT molecular complexity index is 438. The summed E-state index contributed by atoms with van der Waals surface area (Å²) in [6, 6.07) is 4.36. The van der Waals surface area contributed by atoms with Crippen LogP contribution in [0.3, 0.4) is 0 Å². The summed E-state index contributed by atoms with van der Waals surface area (Å²) in [6.07, 6.45) is 6.47. The van der Waals surface area contributed by atoms with Gasteiger partial charge < -0.3 is 9.84 Å². The Balaban J connectivity index is 2.14. The van der Waals surface area contributed by atoms with E-state index < -0.39 is 5.97 Å². The first kappa shape index (κ1) is 12.9. The summed E-state index contributed by atoms with van der Waals surface area (Å²) in [5, 5.41) is 8.68. The molecule has 2 rings (SSSR count). The molecular weight excluding hydrogens is 228 g/mol. The molecule has 18 heavy (non-hydrogen) atoms. The number of carboxylic acid groups (broad SMARTS) is 1. The van der Waals surface area contributed by atoms with E-state index in [-0.39, 0.29) is 6.42 Å². The highest BCUT2D eigenvalue weighted by atomic mass is 16.5. The number of carbonyl (C=O) groups is 1. The number of hydrogen-bond acceptors (Lipinski definition) is 2. The summed E-state index contributed by atoms with van der Waals surface area (Å²) in [5.41, 5.74) is 3.98. The fraction of sp³-hybridized carbons (Fsp3) is 0.533. The van der Waals surface area contributed by atoms with Gasteiger partial charge in [0.15, 0.2) is 0 Å². The van der Waals surface area contributed by atoms with Crippen molar-refractivity contribution in [3.05, 3.63) is 28.8 Å². The minimum absolute atomic E-state index is 0.222. The van der Waals surface area contributed by atoms with Crippen LogP contribution in [0.15, 0.2) is 12.1 Å². The number of aliphatic carboxylic acids is 1. The summed E-state index contributed by atoms with van der Waals surface area (Å²) in [7, 11) is 1.69. The minimum atomic E-state index is -0.730. The molecule has 1 aromatic rings. The first-order valence-corrected chi connectivity index (χ1v) is 6.61. The Morgan fingerprint density at radius 1 is 1.28 bits per heavy atom. The van der Waals surface area contributed by atoms with Gasteiger partial charge >= 0.3 is 5.97 Å². The Hall–Kier alpha value is -1.51. The van der Waals surface area contributed by atoms with Gasteiger partial charge in [0.05, 0.1) is 7.11 Å². The lowest BCUT2D eigenvalue weighted by molar-refractivity contribution is -0.137. The van der Waals surface area contributed by atoms with E-state index >= 15 is 0 Å². The van der Waals surface area contributed by atoms with Crippen molar-refractivity contribution < 1.29 is 14.6 Å². The van der Waals surface area contributed by atoms with Gasteiger partial charge in [-0.2, -0.15) is 0 Å². The number of ether oxygens (including phenoxy) is 1. The molecule has 3 heteroatoms. The highest BCUT2D eigenvalue weighted by Crippen LogP contribution is 2.30. The van der Waals surface area contributed by atoms with Crippen LogP contribution in [0.25, 0.3) is 0 Å². The maximum atomic E-state index is 10.5. The van der Waals surface area contributed by atoms with Crippen LogP contribution in [0.2, 0.25) is 0 Å². The second-order valence-corrected chi connectivity index (χ2v) is 4.89. The Labute approximate surface area is 108 Å². The normalized spacial score (nSPS) is 14.1. The van der Waals surface area contributed by atoms with Crippen molar-refractivity contribution in [2.75, 3.05) is 7.11 Å². The second-order valence-electron chi connectivity index (χ2n) is 4.89. The lowest BCUT2D eigenvalue weighted by Crippen LogP contribution is -2.05. The third-order valence-corrected chi connectivity index (χ3v) is 3.58. The maximum absolute atomic E-state index is 10.5. The van der Waals surface area contributed by atoms with E-state index in [4.69, 9.17) is 9.84 Å². The predicted octanol–water partition coefficient (Wildman–Crippen LogP) is 2.98. The van der Waals surface area contributed by atoms with Gasteiger partial charge in [-0.1, -0.05) is 6.07 Å². The summed E-state index contributed by atoms with van der Waals surface area (Å²) in [5.74, 6) is 0.188. The lowest BCUT2D eigenvalue weighted by atomic mass is 9.89. The lowest BCUT2D eigenvalue weighted by Gasteiger charge is -2.19. The van der Waals surface area contributed by atoms with E-state index in [0.717, 1.165) is 30.6 Å². The van der Waals surface area contributed by atoms with Gasteiger partial charge in [0.25, 0.3) is 0 Å². The zero-order chi connectivity index (χ0) is 13.0. The molecule has 0 amide bonds. The molecule has 0 atom stereocenters.